The Morgan fingerprint density at radius 2 is 1.94 bits per heavy atom. The number of nitrogens with zero attached hydrogens (tertiary/aromatic N) is 2. The average molecular weight is 267 g/mol. The summed E-state index contributed by atoms with van der Waals surface area (Å²) < 4.78 is 0. The van der Waals surface area contributed by atoms with Gasteiger partial charge in [-0.2, -0.15) is 0 Å². The second-order valence-electron chi connectivity index (χ2n) is 3.11. The molecule has 2 rings (SSSR count). The first kappa shape index (κ1) is 11.9. The van der Waals surface area contributed by atoms with Crippen LogP contribution in [0.4, 0.5) is 0 Å². The highest BCUT2D eigenvalue weighted by Crippen LogP contribution is 2.26. The molecule has 0 saturated heterocycles. The highest BCUT2D eigenvalue weighted by Gasteiger charge is 2.04. The van der Waals surface area contributed by atoms with Crippen LogP contribution < -0.4 is 0 Å². The van der Waals surface area contributed by atoms with Crippen LogP contribution in [0.25, 0.3) is 0 Å². The third-order valence-corrected chi connectivity index (χ3v) is 3.00. The lowest BCUT2D eigenvalue weighted by Gasteiger charge is -2.01. The third-order valence-electron chi connectivity index (χ3n) is 1.91. The standard InChI is InChI=1S/C11H7ClN2O2S/c12-9-5-13-6-10(14-9)17-8-3-1-7(2-4-8)11(15)16/h1-6H,(H,15,16). The van der Waals surface area contributed by atoms with E-state index in [9.17, 15) is 4.79 Å². The lowest BCUT2D eigenvalue weighted by atomic mass is 10.2. The minimum atomic E-state index is -0.941. The van der Waals surface area contributed by atoms with Crippen molar-refractivity contribution in [3.05, 3.63) is 47.4 Å². The van der Waals surface area contributed by atoms with E-state index >= 15 is 0 Å². The van der Waals surface area contributed by atoms with Crippen LogP contribution in [-0.2, 0) is 0 Å². The molecule has 4 nitrogen and oxygen atoms in total. The predicted octanol–water partition coefficient (Wildman–Crippen LogP) is 2.98. The summed E-state index contributed by atoms with van der Waals surface area (Å²) in [6.07, 6.45) is 3.06. The molecule has 0 atom stereocenters. The number of aromatic nitrogens is 2. The summed E-state index contributed by atoms with van der Waals surface area (Å²) in [5, 5.41) is 9.75. The zero-order valence-electron chi connectivity index (χ0n) is 8.50. The molecule has 1 heterocycles. The van der Waals surface area contributed by atoms with Crippen LogP contribution >= 0.6 is 23.4 Å². The summed E-state index contributed by atoms with van der Waals surface area (Å²) in [4.78, 5) is 19.5. The van der Waals surface area contributed by atoms with Crippen molar-refractivity contribution in [2.75, 3.05) is 0 Å². The van der Waals surface area contributed by atoms with E-state index in [4.69, 9.17) is 16.7 Å². The van der Waals surface area contributed by atoms with Gasteiger partial charge < -0.3 is 5.11 Å². The summed E-state index contributed by atoms with van der Waals surface area (Å²) in [6.45, 7) is 0. The zero-order chi connectivity index (χ0) is 12.3. The number of benzene rings is 1. The molecule has 0 radical (unpaired) electrons. The van der Waals surface area contributed by atoms with Gasteiger partial charge in [0.2, 0.25) is 0 Å². The molecule has 1 aromatic carbocycles. The van der Waals surface area contributed by atoms with Gasteiger partial charge in [0.05, 0.1) is 18.0 Å². The molecular formula is C11H7ClN2O2S. The van der Waals surface area contributed by atoms with Crippen LogP contribution in [0, 0.1) is 0 Å². The fourth-order valence-electron chi connectivity index (χ4n) is 1.16. The Bertz CT molecular complexity index is 545. The van der Waals surface area contributed by atoms with Gasteiger partial charge in [0.15, 0.2) is 0 Å². The van der Waals surface area contributed by atoms with E-state index in [0.717, 1.165) is 4.90 Å². The molecule has 2 aromatic rings. The molecule has 1 aromatic heterocycles. The van der Waals surface area contributed by atoms with E-state index in [2.05, 4.69) is 9.97 Å². The summed E-state index contributed by atoms with van der Waals surface area (Å²) in [5.74, 6) is -0.941. The molecule has 0 fully saturated rings. The van der Waals surface area contributed by atoms with Crippen molar-refractivity contribution < 1.29 is 9.90 Å². The second-order valence-corrected chi connectivity index (χ2v) is 4.59. The predicted molar refractivity (Wildman–Crippen MR) is 64.6 cm³/mol. The molecule has 0 aliphatic carbocycles. The largest absolute Gasteiger partial charge is 0.478 e. The topological polar surface area (TPSA) is 63.1 Å². The summed E-state index contributed by atoms with van der Waals surface area (Å²) in [6, 6.07) is 6.53. The van der Waals surface area contributed by atoms with Gasteiger partial charge in [-0.1, -0.05) is 23.4 Å². The number of carbonyl (C=O) groups is 1. The minimum Gasteiger partial charge on any atom is -0.478 e. The number of hydrogen-bond donors (Lipinski definition) is 1. The Hall–Kier alpha value is -1.59. The smallest absolute Gasteiger partial charge is 0.335 e. The molecule has 0 aliphatic heterocycles. The Morgan fingerprint density at radius 3 is 2.53 bits per heavy atom. The number of aromatic carboxylic acids is 1. The first-order valence-electron chi connectivity index (χ1n) is 4.64. The van der Waals surface area contributed by atoms with Crippen molar-refractivity contribution in [3.8, 4) is 0 Å². The molecule has 17 heavy (non-hydrogen) atoms. The number of carboxylic acid groups (broad SMARTS) is 1. The summed E-state index contributed by atoms with van der Waals surface area (Å²) in [5.41, 5.74) is 0.256. The first-order valence-corrected chi connectivity index (χ1v) is 5.83. The van der Waals surface area contributed by atoms with Crippen molar-refractivity contribution in [1.29, 1.82) is 0 Å². The summed E-state index contributed by atoms with van der Waals surface area (Å²) >= 11 is 7.08. The lowest BCUT2D eigenvalue weighted by molar-refractivity contribution is 0.0697. The number of hydrogen-bond acceptors (Lipinski definition) is 4. The van der Waals surface area contributed by atoms with Crippen molar-refractivity contribution in [2.24, 2.45) is 0 Å². The van der Waals surface area contributed by atoms with Gasteiger partial charge in [-0.25, -0.2) is 9.78 Å². The molecular weight excluding hydrogens is 260 g/mol. The maximum atomic E-state index is 10.7. The first-order chi connectivity index (χ1) is 8.15. The van der Waals surface area contributed by atoms with E-state index in [1.54, 1.807) is 30.5 Å². The number of rotatable bonds is 3. The Morgan fingerprint density at radius 1 is 1.24 bits per heavy atom. The monoisotopic (exact) mass is 266 g/mol. The van der Waals surface area contributed by atoms with E-state index in [1.165, 1.54) is 18.0 Å². The van der Waals surface area contributed by atoms with Gasteiger partial charge in [-0.05, 0) is 24.3 Å². The van der Waals surface area contributed by atoms with E-state index < -0.39 is 5.97 Å². The zero-order valence-corrected chi connectivity index (χ0v) is 10.1. The normalized spacial score (nSPS) is 10.2. The molecule has 0 bridgehead atoms. The van der Waals surface area contributed by atoms with Crippen LogP contribution in [0.5, 0.6) is 0 Å². The van der Waals surface area contributed by atoms with Crippen LogP contribution in [0.2, 0.25) is 5.15 Å². The minimum absolute atomic E-state index is 0.256. The summed E-state index contributed by atoms with van der Waals surface area (Å²) in [7, 11) is 0. The van der Waals surface area contributed by atoms with Gasteiger partial charge in [0.25, 0.3) is 0 Å². The van der Waals surface area contributed by atoms with Gasteiger partial charge in [-0.15, -0.1) is 0 Å². The molecule has 1 N–H and O–H groups in total. The molecule has 86 valence electrons. The Kier molecular flexibility index (Phi) is 3.61. The molecule has 0 aliphatic rings. The van der Waals surface area contributed by atoms with Crippen molar-refractivity contribution in [1.82, 2.24) is 9.97 Å². The van der Waals surface area contributed by atoms with Crippen LogP contribution in [-0.4, -0.2) is 21.0 Å². The van der Waals surface area contributed by atoms with Crippen molar-refractivity contribution in [3.63, 3.8) is 0 Å². The SMILES string of the molecule is O=C(O)c1ccc(Sc2cncc(Cl)n2)cc1. The lowest BCUT2D eigenvalue weighted by Crippen LogP contribution is -1.94. The van der Waals surface area contributed by atoms with Crippen LogP contribution in [0.1, 0.15) is 10.4 Å². The highest BCUT2D eigenvalue weighted by atomic mass is 35.5. The molecule has 0 unspecified atom stereocenters. The second kappa shape index (κ2) is 5.16. The van der Waals surface area contributed by atoms with Crippen LogP contribution in [0.3, 0.4) is 0 Å². The third kappa shape index (κ3) is 3.18. The van der Waals surface area contributed by atoms with E-state index in [1.807, 2.05) is 0 Å². The van der Waals surface area contributed by atoms with Gasteiger partial charge in [-0.3, -0.25) is 4.98 Å². The molecule has 0 saturated carbocycles. The van der Waals surface area contributed by atoms with Gasteiger partial charge in [0, 0.05) is 4.90 Å². The van der Waals surface area contributed by atoms with Gasteiger partial charge in [0.1, 0.15) is 10.2 Å². The molecule has 0 spiro atoms. The van der Waals surface area contributed by atoms with Crippen LogP contribution in [0.15, 0.2) is 46.6 Å². The van der Waals surface area contributed by atoms with E-state index in [0.29, 0.717) is 10.2 Å². The fourth-order valence-corrected chi connectivity index (χ4v) is 2.13. The maximum Gasteiger partial charge on any atom is 0.335 e. The number of carboxylic acids is 1. The maximum absolute atomic E-state index is 10.7. The van der Waals surface area contributed by atoms with Gasteiger partial charge >= 0.3 is 5.97 Å². The quantitative estimate of drug-likeness (QED) is 0.925. The molecule has 6 heteroatoms. The Labute approximate surface area is 107 Å². The van der Waals surface area contributed by atoms with E-state index in [-0.39, 0.29) is 5.56 Å². The average Bonchev–Trinajstić information content (AvgIpc) is 2.29. The number of halogens is 1. The fraction of sp³-hybridized carbons (Fsp3) is 0. The Balaban J connectivity index is 2.16. The van der Waals surface area contributed by atoms with Crippen molar-refractivity contribution in [2.45, 2.75) is 9.92 Å². The molecule has 0 amide bonds. The highest BCUT2D eigenvalue weighted by molar-refractivity contribution is 7.99. The van der Waals surface area contributed by atoms with Crippen molar-refractivity contribution >= 4 is 29.3 Å².